The van der Waals surface area contributed by atoms with Crippen LogP contribution in [-0.2, 0) is 0 Å². The standard InChI is InChI=1S/C7H11N5O2/c8-2-1(7(13)14)3(9)5(11)6(12)4(2)10/h8-12H2,(H,13,14). The molecule has 0 heterocycles. The average molecular weight is 197 g/mol. The van der Waals surface area contributed by atoms with Gasteiger partial charge in [0.05, 0.1) is 28.4 Å². The third kappa shape index (κ3) is 1.11. The van der Waals surface area contributed by atoms with Crippen LogP contribution in [0.5, 0.6) is 0 Å². The van der Waals surface area contributed by atoms with Gasteiger partial charge in [-0.05, 0) is 0 Å². The van der Waals surface area contributed by atoms with E-state index in [0.717, 1.165) is 0 Å². The molecule has 0 saturated heterocycles. The summed E-state index contributed by atoms with van der Waals surface area (Å²) in [7, 11) is 0. The molecule has 0 aromatic heterocycles. The van der Waals surface area contributed by atoms with Gasteiger partial charge in [0, 0.05) is 0 Å². The highest BCUT2D eigenvalue weighted by atomic mass is 16.4. The lowest BCUT2D eigenvalue weighted by molar-refractivity contribution is 0.0699. The highest BCUT2D eigenvalue weighted by Crippen LogP contribution is 2.38. The van der Waals surface area contributed by atoms with Gasteiger partial charge in [0.1, 0.15) is 5.56 Å². The molecular formula is C7H11N5O2. The number of rotatable bonds is 1. The summed E-state index contributed by atoms with van der Waals surface area (Å²) in [5.41, 5.74) is 26.4. The minimum absolute atomic E-state index is 0.00463. The number of nitrogens with two attached hydrogens (primary N) is 5. The zero-order chi connectivity index (χ0) is 11.0. The Morgan fingerprint density at radius 3 is 1.36 bits per heavy atom. The molecule has 1 rings (SSSR count). The van der Waals surface area contributed by atoms with E-state index in [1.54, 1.807) is 0 Å². The fourth-order valence-corrected chi connectivity index (χ4v) is 1.08. The van der Waals surface area contributed by atoms with Crippen molar-refractivity contribution >= 4 is 34.4 Å². The molecule has 0 aliphatic rings. The lowest BCUT2D eigenvalue weighted by Crippen LogP contribution is -2.14. The van der Waals surface area contributed by atoms with Crippen molar-refractivity contribution in [1.82, 2.24) is 0 Å². The van der Waals surface area contributed by atoms with Crippen molar-refractivity contribution in [3.63, 3.8) is 0 Å². The van der Waals surface area contributed by atoms with Crippen LogP contribution in [0.3, 0.4) is 0 Å². The van der Waals surface area contributed by atoms with Crippen LogP contribution in [0, 0.1) is 0 Å². The number of carboxylic acid groups (broad SMARTS) is 1. The molecule has 1 aromatic carbocycles. The first-order valence-corrected chi connectivity index (χ1v) is 3.62. The minimum Gasteiger partial charge on any atom is -0.478 e. The summed E-state index contributed by atoms with van der Waals surface area (Å²) in [6, 6.07) is 0. The highest BCUT2D eigenvalue weighted by molar-refractivity contribution is 6.09. The van der Waals surface area contributed by atoms with Crippen LogP contribution in [-0.4, -0.2) is 11.1 Å². The fraction of sp³-hybridized carbons (Fsp3) is 0. The largest absolute Gasteiger partial charge is 0.478 e. The van der Waals surface area contributed by atoms with Crippen LogP contribution < -0.4 is 28.7 Å². The molecule has 0 aliphatic carbocycles. The van der Waals surface area contributed by atoms with Crippen molar-refractivity contribution in [2.45, 2.75) is 0 Å². The summed E-state index contributed by atoms with van der Waals surface area (Å²) in [4.78, 5) is 10.7. The summed E-state index contributed by atoms with van der Waals surface area (Å²) >= 11 is 0. The Kier molecular flexibility index (Phi) is 2.01. The van der Waals surface area contributed by atoms with Gasteiger partial charge in [0.15, 0.2) is 0 Å². The van der Waals surface area contributed by atoms with Crippen molar-refractivity contribution in [2.24, 2.45) is 0 Å². The van der Waals surface area contributed by atoms with Gasteiger partial charge >= 0.3 is 5.97 Å². The molecule has 0 unspecified atom stereocenters. The Bertz CT molecular complexity index is 386. The SMILES string of the molecule is Nc1c(N)c(N)c(C(=O)O)c(N)c1N. The van der Waals surface area contributed by atoms with Crippen molar-refractivity contribution in [3.8, 4) is 0 Å². The van der Waals surface area contributed by atoms with Crippen molar-refractivity contribution in [2.75, 3.05) is 28.7 Å². The Labute approximate surface area is 79.5 Å². The first-order chi connectivity index (χ1) is 6.37. The molecular weight excluding hydrogens is 186 g/mol. The van der Waals surface area contributed by atoms with Crippen LogP contribution in [0.1, 0.15) is 10.4 Å². The van der Waals surface area contributed by atoms with E-state index in [4.69, 9.17) is 33.8 Å². The van der Waals surface area contributed by atoms with Gasteiger partial charge in [-0.3, -0.25) is 0 Å². The predicted molar refractivity (Wildman–Crippen MR) is 55.5 cm³/mol. The van der Waals surface area contributed by atoms with E-state index in [1.165, 1.54) is 0 Å². The lowest BCUT2D eigenvalue weighted by Gasteiger charge is -2.13. The quantitative estimate of drug-likeness (QED) is 0.323. The zero-order valence-electron chi connectivity index (χ0n) is 7.24. The fourth-order valence-electron chi connectivity index (χ4n) is 1.08. The topological polar surface area (TPSA) is 167 Å². The van der Waals surface area contributed by atoms with E-state index < -0.39 is 5.97 Å². The van der Waals surface area contributed by atoms with Gasteiger partial charge < -0.3 is 33.8 Å². The molecule has 0 atom stereocenters. The molecule has 0 fully saturated rings. The second-order valence-electron chi connectivity index (χ2n) is 2.75. The molecule has 11 N–H and O–H groups in total. The van der Waals surface area contributed by atoms with Gasteiger partial charge in [0.2, 0.25) is 0 Å². The van der Waals surface area contributed by atoms with E-state index in [0.29, 0.717) is 0 Å². The molecule has 7 nitrogen and oxygen atoms in total. The third-order valence-corrected chi connectivity index (χ3v) is 1.91. The van der Waals surface area contributed by atoms with Crippen LogP contribution >= 0.6 is 0 Å². The summed E-state index contributed by atoms with van der Waals surface area (Å²) < 4.78 is 0. The Hall–Kier alpha value is -2.31. The number of aromatic carboxylic acids is 1. The molecule has 0 bridgehead atoms. The molecule has 0 amide bonds. The van der Waals surface area contributed by atoms with Crippen LogP contribution in [0.4, 0.5) is 28.4 Å². The van der Waals surface area contributed by atoms with Crippen molar-refractivity contribution in [1.29, 1.82) is 0 Å². The molecule has 1 aromatic rings. The number of hydrogen-bond acceptors (Lipinski definition) is 6. The summed E-state index contributed by atoms with van der Waals surface area (Å²) in [5, 5.41) is 8.77. The van der Waals surface area contributed by atoms with E-state index in [2.05, 4.69) is 0 Å². The molecule has 76 valence electrons. The second kappa shape index (κ2) is 2.87. The van der Waals surface area contributed by atoms with Gasteiger partial charge in [-0.25, -0.2) is 4.79 Å². The molecule has 0 aliphatic heterocycles. The van der Waals surface area contributed by atoms with E-state index >= 15 is 0 Å². The smallest absolute Gasteiger partial charge is 0.340 e. The highest BCUT2D eigenvalue weighted by Gasteiger charge is 2.20. The molecule has 14 heavy (non-hydrogen) atoms. The van der Waals surface area contributed by atoms with Crippen LogP contribution in [0.25, 0.3) is 0 Å². The van der Waals surface area contributed by atoms with E-state index in [-0.39, 0.29) is 34.0 Å². The Morgan fingerprint density at radius 2 is 1.07 bits per heavy atom. The van der Waals surface area contributed by atoms with Gasteiger partial charge in [-0.15, -0.1) is 0 Å². The maximum absolute atomic E-state index is 10.7. The number of carbonyl (C=O) groups is 1. The van der Waals surface area contributed by atoms with Crippen molar-refractivity contribution in [3.05, 3.63) is 5.56 Å². The number of benzene rings is 1. The molecule has 0 spiro atoms. The first kappa shape index (κ1) is 9.78. The van der Waals surface area contributed by atoms with Crippen LogP contribution in [0.2, 0.25) is 0 Å². The average Bonchev–Trinajstić information content (AvgIpc) is 2.11. The van der Waals surface area contributed by atoms with E-state index in [9.17, 15) is 4.79 Å². The number of anilines is 5. The summed E-state index contributed by atoms with van der Waals surface area (Å²) in [6.45, 7) is 0. The predicted octanol–water partition coefficient (Wildman–Crippen LogP) is -0.704. The monoisotopic (exact) mass is 197 g/mol. The first-order valence-electron chi connectivity index (χ1n) is 3.62. The van der Waals surface area contributed by atoms with Crippen LogP contribution in [0.15, 0.2) is 0 Å². The van der Waals surface area contributed by atoms with Crippen molar-refractivity contribution < 1.29 is 9.90 Å². The Morgan fingerprint density at radius 1 is 0.786 bits per heavy atom. The lowest BCUT2D eigenvalue weighted by atomic mass is 10.1. The molecule has 7 heteroatoms. The number of nitrogen functional groups attached to an aromatic ring is 5. The maximum Gasteiger partial charge on any atom is 0.340 e. The number of hydrogen-bond donors (Lipinski definition) is 6. The Balaban J connectivity index is 3.68. The van der Waals surface area contributed by atoms with Gasteiger partial charge in [0.25, 0.3) is 0 Å². The summed E-state index contributed by atoms with van der Waals surface area (Å²) in [5.74, 6) is -1.29. The second-order valence-corrected chi connectivity index (χ2v) is 2.75. The van der Waals surface area contributed by atoms with E-state index in [1.807, 2.05) is 0 Å². The molecule has 0 saturated carbocycles. The molecule has 0 radical (unpaired) electrons. The van der Waals surface area contributed by atoms with Gasteiger partial charge in [-0.2, -0.15) is 0 Å². The summed E-state index contributed by atoms with van der Waals surface area (Å²) in [6.07, 6.45) is 0. The minimum atomic E-state index is -1.29. The maximum atomic E-state index is 10.7. The number of carboxylic acids is 1. The third-order valence-electron chi connectivity index (χ3n) is 1.91. The normalized spacial score (nSPS) is 10.0. The van der Waals surface area contributed by atoms with Gasteiger partial charge in [-0.1, -0.05) is 0 Å². The zero-order valence-corrected chi connectivity index (χ0v) is 7.24.